The van der Waals surface area contributed by atoms with Crippen LogP contribution in [-0.2, 0) is 17.7 Å². The molecular weight excluding hydrogens is 511 g/mol. The summed E-state index contributed by atoms with van der Waals surface area (Å²) in [6.45, 7) is 4.96. The van der Waals surface area contributed by atoms with Gasteiger partial charge < -0.3 is 29.6 Å². The van der Waals surface area contributed by atoms with Crippen molar-refractivity contribution in [2.24, 2.45) is 4.99 Å². The number of benzene rings is 1. The standard InChI is InChI=1S/C22H32N4O4.HI/c1-5-23-22(25-12-10-17-8-9-19(28-3)20(15-17)29-4)26-16-18-7-6-11-24-21(18)30-14-13-27-2;/h6-9,11,15H,5,10,12-14,16H2,1-4H3,(H2,23,25,26);1H. The van der Waals surface area contributed by atoms with E-state index >= 15 is 0 Å². The lowest BCUT2D eigenvalue weighted by molar-refractivity contribution is 0.143. The Morgan fingerprint density at radius 2 is 1.84 bits per heavy atom. The van der Waals surface area contributed by atoms with E-state index < -0.39 is 0 Å². The van der Waals surface area contributed by atoms with Crippen LogP contribution in [0.15, 0.2) is 41.5 Å². The third-order valence-electron chi connectivity index (χ3n) is 4.28. The maximum Gasteiger partial charge on any atom is 0.218 e. The van der Waals surface area contributed by atoms with Crippen molar-refractivity contribution in [1.82, 2.24) is 15.6 Å². The fourth-order valence-corrected chi connectivity index (χ4v) is 2.76. The zero-order chi connectivity index (χ0) is 21.6. The van der Waals surface area contributed by atoms with Gasteiger partial charge in [0.1, 0.15) is 6.61 Å². The van der Waals surface area contributed by atoms with Crippen LogP contribution in [0.3, 0.4) is 0 Å². The normalized spacial score (nSPS) is 10.8. The molecule has 0 radical (unpaired) electrons. The van der Waals surface area contributed by atoms with E-state index in [9.17, 15) is 0 Å². The molecule has 1 heterocycles. The molecule has 8 nitrogen and oxygen atoms in total. The first-order chi connectivity index (χ1) is 14.7. The van der Waals surface area contributed by atoms with Gasteiger partial charge in [0.25, 0.3) is 0 Å². The van der Waals surface area contributed by atoms with Crippen molar-refractivity contribution in [3.8, 4) is 17.4 Å². The Labute approximate surface area is 201 Å². The van der Waals surface area contributed by atoms with Gasteiger partial charge in [-0.15, -0.1) is 24.0 Å². The van der Waals surface area contributed by atoms with Gasteiger partial charge >= 0.3 is 0 Å². The molecule has 1 aromatic carbocycles. The van der Waals surface area contributed by atoms with E-state index in [1.165, 1.54) is 0 Å². The van der Waals surface area contributed by atoms with Crippen LogP contribution in [0.25, 0.3) is 0 Å². The summed E-state index contributed by atoms with van der Waals surface area (Å²) in [7, 11) is 4.92. The van der Waals surface area contributed by atoms with Gasteiger partial charge in [-0.3, -0.25) is 0 Å². The van der Waals surface area contributed by atoms with E-state index in [1.807, 2.05) is 37.3 Å². The van der Waals surface area contributed by atoms with Crippen LogP contribution in [-0.4, -0.2) is 58.6 Å². The highest BCUT2D eigenvalue weighted by molar-refractivity contribution is 14.0. The number of aromatic nitrogens is 1. The van der Waals surface area contributed by atoms with Gasteiger partial charge in [-0.05, 0) is 37.1 Å². The molecule has 0 atom stereocenters. The molecule has 0 saturated heterocycles. The smallest absolute Gasteiger partial charge is 0.218 e. The Hall–Kier alpha value is -2.27. The van der Waals surface area contributed by atoms with Crippen LogP contribution in [0.1, 0.15) is 18.1 Å². The average Bonchev–Trinajstić information content (AvgIpc) is 2.78. The van der Waals surface area contributed by atoms with Crippen molar-refractivity contribution < 1.29 is 18.9 Å². The number of rotatable bonds is 12. The first-order valence-corrected chi connectivity index (χ1v) is 10.0. The minimum atomic E-state index is 0. The predicted octanol–water partition coefficient (Wildman–Crippen LogP) is 3.04. The summed E-state index contributed by atoms with van der Waals surface area (Å²) in [5.41, 5.74) is 2.07. The third-order valence-corrected chi connectivity index (χ3v) is 4.28. The number of hydrogen-bond acceptors (Lipinski definition) is 6. The first-order valence-electron chi connectivity index (χ1n) is 10.0. The highest BCUT2D eigenvalue weighted by atomic mass is 127. The zero-order valence-corrected chi connectivity index (χ0v) is 21.0. The van der Waals surface area contributed by atoms with Gasteiger partial charge in [-0.25, -0.2) is 9.98 Å². The van der Waals surface area contributed by atoms with Crippen molar-refractivity contribution >= 4 is 29.9 Å². The molecule has 2 rings (SSSR count). The van der Waals surface area contributed by atoms with Gasteiger partial charge in [0, 0.05) is 32.0 Å². The number of nitrogens with one attached hydrogen (secondary N) is 2. The van der Waals surface area contributed by atoms with Gasteiger partial charge in [0.15, 0.2) is 17.5 Å². The maximum atomic E-state index is 5.68. The molecule has 31 heavy (non-hydrogen) atoms. The van der Waals surface area contributed by atoms with E-state index in [1.54, 1.807) is 27.5 Å². The molecule has 0 aliphatic carbocycles. The highest BCUT2D eigenvalue weighted by Crippen LogP contribution is 2.27. The fourth-order valence-electron chi connectivity index (χ4n) is 2.76. The summed E-state index contributed by atoms with van der Waals surface area (Å²) in [6.07, 6.45) is 2.53. The van der Waals surface area contributed by atoms with Crippen molar-refractivity contribution in [2.45, 2.75) is 19.9 Å². The van der Waals surface area contributed by atoms with Crippen molar-refractivity contribution in [2.75, 3.05) is 47.6 Å². The molecule has 1 aromatic heterocycles. The van der Waals surface area contributed by atoms with E-state index in [4.69, 9.17) is 18.9 Å². The Balaban J connectivity index is 0.00000480. The van der Waals surface area contributed by atoms with Crippen LogP contribution in [0.5, 0.6) is 17.4 Å². The van der Waals surface area contributed by atoms with Gasteiger partial charge in [-0.2, -0.15) is 0 Å². The Bertz CT molecular complexity index is 805. The molecule has 0 spiro atoms. The zero-order valence-electron chi connectivity index (χ0n) is 18.6. The second-order valence-electron chi connectivity index (χ2n) is 6.37. The summed E-state index contributed by atoms with van der Waals surface area (Å²) >= 11 is 0. The summed E-state index contributed by atoms with van der Waals surface area (Å²) in [5.74, 6) is 2.78. The van der Waals surface area contributed by atoms with Gasteiger partial charge in [0.05, 0.1) is 27.4 Å². The maximum absolute atomic E-state index is 5.68. The SMILES string of the molecule is CCNC(=NCc1cccnc1OCCOC)NCCc1ccc(OC)c(OC)c1.I. The second-order valence-corrected chi connectivity index (χ2v) is 6.37. The number of halogens is 1. The monoisotopic (exact) mass is 544 g/mol. The van der Waals surface area contributed by atoms with Crippen LogP contribution in [0, 0.1) is 0 Å². The number of ether oxygens (including phenoxy) is 4. The Kier molecular flexibility index (Phi) is 13.4. The molecule has 9 heteroatoms. The summed E-state index contributed by atoms with van der Waals surface area (Å²) < 4.78 is 21.4. The number of pyridine rings is 1. The minimum absolute atomic E-state index is 0. The number of hydrogen-bond donors (Lipinski definition) is 2. The molecular formula is C22H33IN4O4. The van der Waals surface area contributed by atoms with Crippen molar-refractivity contribution in [3.05, 3.63) is 47.7 Å². The van der Waals surface area contributed by atoms with E-state index in [0.29, 0.717) is 25.6 Å². The predicted molar refractivity (Wildman–Crippen MR) is 133 cm³/mol. The number of methoxy groups -OCH3 is 3. The average molecular weight is 544 g/mol. The van der Waals surface area contributed by atoms with Crippen LogP contribution >= 0.6 is 24.0 Å². The molecule has 0 amide bonds. The molecule has 0 aliphatic heterocycles. The summed E-state index contributed by atoms with van der Waals surface area (Å²) in [4.78, 5) is 8.96. The van der Waals surface area contributed by atoms with Gasteiger partial charge in [0.2, 0.25) is 5.88 Å². The Morgan fingerprint density at radius 1 is 1.03 bits per heavy atom. The lowest BCUT2D eigenvalue weighted by Gasteiger charge is -2.13. The lowest BCUT2D eigenvalue weighted by atomic mass is 10.1. The van der Waals surface area contributed by atoms with Crippen LogP contribution < -0.4 is 24.8 Å². The second kappa shape index (κ2) is 15.5. The molecule has 2 aromatic rings. The molecule has 0 aliphatic rings. The van der Waals surface area contributed by atoms with E-state index in [-0.39, 0.29) is 24.0 Å². The molecule has 0 saturated carbocycles. The molecule has 0 unspecified atom stereocenters. The molecule has 172 valence electrons. The highest BCUT2D eigenvalue weighted by Gasteiger charge is 2.07. The largest absolute Gasteiger partial charge is 0.493 e. The third kappa shape index (κ3) is 9.18. The van der Waals surface area contributed by atoms with E-state index in [2.05, 4.69) is 20.6 Å². The molecule has 0 bridgehead atoms. The fraction of sp³-hybridized carbons (Fsp3) is 0.455. The summed E-state index contributed by atoms with van der Waals surface area (Å²) in [6, 6.07) is 9.79. The van der Waals surface area contributed by atoms with E-state index in [0.717, 1.165) is 48.1 Å². The number of aliphatic imine (C=N–C) groups is 1. The molecule has 0 fully saturated rings. The Morgan fingerprint density at radius 3 is 2.55 bits per heavy atom. The topological polar surface area (TPSA) is 86.2 Å². The van der Waals surface area contributed by atoms with Crippen LogP contribution in [0.4, 0.5) is 0 Å². The quantitative estimate of drug-likeness (QED) is 0.184. The number of nitrogens with zero attached hydrogens (tertiary/aromatic N) is 2. The van der Waals surface area contributed by atoms with Gasteiger partial charge in [-0.1, -0.05) is 12.1 Å². The molecule has 2 N–H and O–H groups in total. The first kappa shape index (κ1) is 26.8. The lowest BCUT2D eigenvalue weighted by Crippen LogP contribution is -2.38. The van der Waals surface area contributed by atoms with Crippen molar-refractivity contribution in [1.29, 1.82) is 0 Å². The van der Waals surface area contributed by atoms with Crippen LogP contribution in [0.2, 0.25) is 0 Å². The van der Waals surface area contributed by atoms with Crippen molar-refractivity contribution in [3.63, 3.8) is 0 Å². The summed E-state index contributed by atoms with van der Waals surface area (Å²) in [5, 5.41) is 6.63. The minimum Gasteiger partial charge on any atom is -0.493 e. The number of guanidine groups is 1.